The fraction of sp³-hybridized carbons (Fsp3) is 0.0952. The van der Waals surface area contributed by atoms with E-state index in [0.717, 1.165) is 23.1 Å². The molecule has 27 heavy (non-hydrogen) atoms. The van der Waals surface area contributed by atoms with Crippen LogP contribution in [0.2, 0.25) is 0 Å². The van der Waals surface area contributed by atoms with E-state index in [4.69, 9.17) is 0 Å². The molecule has 0 saturated carbocycles. The topological polar surface area (TPSA) is 72.5 Å². The minimum atomic E-state index is -3.73. The molecule has 0 radical (unpaired) electrons. The van der Waals surface area contributed by atoms with Crippen molar-refractivity contribution in [3.63, 3.8) is 0 Å². The number of hydrogen-bond acceptors (Lipinski definition) is 4. The number of hydrogen-bond donors (Lipinski definition) is 1. The lowest BCUT2D eigenvalue weighted by Gasteiger charge is -2.10. The van der Waals surface area contributed by atoms with Crippen molar-refractivity contribution in [2.24, 2.45) is 0 Å². The minimum Gasteiger partial charge on any atom is -0.465 e. The highest BCUT2D eigenvalue weighted by Crippen LogP contribution is 2.37. The highest BCUT2D eigenvalue weighted by molar-refractivity contribution is 7.92. The fourth-order valence-electron chi connectivity index (χ4n) is 3.29. The second-order valence-electron chi connectivity index (χ2n) is 6.33. The molecule has 0 atom stereocenters. The quantitative estimate of drug-likeness (QED) is 0.547. The first-order valence-electron chi connectivity index (χ1n) is 8.40. The van der Waals surface area contributed by atoms with Gasteiger partial charge in [-0.15, -0.1) is 0 Å². The molecule has 0 unspecified atom stereocenters. The first-order chi connectivity index (χ1) is 13.0. The van der Waals surface area contributed by atoms with Crippen LogP contribution in [0.4, 0.5) is 5.69 Å². The van der Waals surface area contributed by atoms with Crippen LogP contribution in [0.5, 0.6) is 0 Å². The second kappa shape index (κ2) is 6.55. The number of rotatable bonds is 4. The van der Waals surface area contributed by atoms with Crippen molar-refractivity contribution in [1.29, 1.82) is 0 Å². The van der Waals surface area contributed by atoms with E-state index in [-0.39, 0.29) is 4.90 Å². The van der Waals surface area contributed by atoms with Gasteiger partial charge in [-0.05, 0) is 65.1 Å². The van der Waals surface area contributed by atoms with Crippen molar-refractivity contribution >= 4 is 21.7 Å². The van der Waals surface area contributed by atoms with Crippen molar-refractivity contribution in [3.05, 3.63) is 83.4 Å². The van der Waals surface area contributed by atoms with Crippen molar-refractivity contribution in [1.82, 2.24) is 0 Å². The Balaban J connectivity index is 1.60. The smallest absolute Gasteiger partial charge is 0.337 e. The molecule has 4 rings (SSSR count). The van der Waals surface area contributed by atoms with E-state index >= 15 is 0 Å². The van der Waals surface area contributed by atoms with Crippen molar-refractivity contribution in [3.8, 4) is 11.1 Å². The van der Waals surface area contributed by atoms with Crippen molar-refractivity contribution in [2.75, 3.05) is 11.8 Å². The fourth-order valence-corrected chi connectivity index (χ4v) is 4.40. The summed E-state index contributed by atoms with van der Waals surface area (Å²) in [5.74, 6) is -0.470. The van der Waals surface area contributed by atoms with E-state index in [9.17, 15) is 13.2 Å². The van der Waals surface area contributed by atoms with Gasteiger partial charge in [-0.3, -0.25) is 4.72 Å². The number of anilines is 1. The Labute approximate surface area is 157 Å². The van der Waals surface area contributed by atoms with E-state index in [1.807, 2.05) is 18.2 Å². The number of methoxy groups -OCH3 is 1. The summed E-state index contributed by atoms with van der Waals surface area (Å²) in [5.41, 5.74) is 5.17. The first-order valence-corrected chi connectivity index (χ1v) is 9.89. The van der Waals surface area contributed by atoms with Crippen LogP contribution < -0.4 is 4.72 Å². The summed E-state index contributed by atoms with van der Waals surface area (Å²) in [4.78, 5) is 11.7. The first kappa shape index (κ1) is 17.3. The van der Waals surface area contributed by atoms with Gasteiger partial charge in [0, 0.05) is 5.69 Å². The minimum absolute atomic E-state index is 0.214. The molecule has 3 aromatic rings. The van der Waals surface area contributed by atoms with E-state index in [1.54, 1.807) is 12.1 Å². The molecule has 0 amide bonds. The Morgan fingerprint density at radius 3 is 2.37 bits per heavy atom. The molecule has 0 bridgehead atoms. The summed E-state index contributed by atoms with van der Waals surface area (Å²) in [6, 6.07) is 19.4. The molecule has 0 heterocycles. The number of fused-ring (bicyclic) bond motifs is 3. The lowest BCUT2D eigenvalue weighted by Crippen LogP contribution is -2.13. The van der Waals surface area contributed by atoms with Gasteiger partial charge >= 0.3 is 5.97 Å². The average molecular weight is 379 g/mol. The monoisotopic (exact) mass is 379 g/mol. The van der Waals surface area contributed by atoms with Crippen LogP contribution in [-0.4, -0.2) is 21.5 Å². The second-order valence-corrected chi connectivity index (χ2v) is 8.01. The third kappa shape index (κ3) is 3.19. The number of ether oxygens (including phenoxy) is 1. The average Bonchev–Trinajstić information content (AvgIpc) is 3.05. The molecule has 6 heteroatoms. The van der Waals surface area contributed by atoms with E-state index in [0.29, 0.717) is 11.3 Å². The number of nitrogens with one attached hydrogen (secondary N) is 1. The van der Waals surface area contributed by atoms with Gasteiger partial charge in [0.2, 0.25) is 0 Å². The SMILES string of the molecule is COC(=O)c1ccc(NS(=O)(=O)c2ccc3c(c2)Cc2ccccc2-3)cc1. The van der Waals surface area contributed by atoms with Gasteiger partial charge in [0.05, 0.1) is 17.6 Å². The molecule has 1 N–H and O–H groups in total. The summed E-state index contributed by atoms with van der Waals surface area (Å²) in [5, 5.41) is 0. The number of carbonyl (C=O) groups excluding carboxylic acids is 1. The molecule has 1 aliphatic rings. The maximum Gasteiger partial charge on any atom is 0.337 e. The Morgan fingerprint density at radius 1 is 0.926 bits per heavy atom. The van der Waals surface area contributed by atoms with Crippen LogP contribution in [0.25, 0.3) is 11.1 Å². The van der Waals surface area contributed by atoms with Crippen LogP contribution in [0.3, 0.4) is 0 Å². The molecular weight excluding hydrogens is 362 g/mol. The van der Waals surface area contributed by atoms with E-state index in [1.165, 1.54) is 36.9 Å². The molecule has 1 aliphatic carbocycles. The number of carbonyl (C=O) groups is 1. The lowest BCUT2D eigenvalue weighted by atomic mass is 10.1. The van der Waals surface area contributed by atoms with Gasteiger partial charge in [-0.25, -0.2) is 13.2 Å². The largest absolute Gasteiger partial charge is 0.465 e. The van der Waals surface area contributed by atoms with Crippen LogP contribution >= 0.6 is 0 Å². The van der Waals surface area contributed by atoms with Crippen LogP contribution in [0, 0.1) is 0 Å². The molecule has 136 valence electrons. The van der Waals surface area contributed by atoms with E-state index < -0.39 is 16.0 Å². The highest BCUT2D eigenvalue weighted by Gasteiger charge is 2.22. The number of sulfonamides is 1. The zero-order valence-electron chi connectivity index (χ0n) is 14.6. The van der Waals surface area contributed by atoms with Gasteiger partial charge < -0.3 is 4.74 Å². The third-order valence-electron chi connectivity index (χ3n) is 4.63. The number of esters is 1. The Bertz CT molecular complexity index is 1140. The lowest BCUT2D eigenvalue weighted by molar-refractivity contribution is 0.0601. The van der Waals surface area contributed by atoms with Crippen LogP contribution in [0.1, 0.15) is 21.5 Å². The molecule has 0 fully saturated rings. The maximum atomic E-state index is 12.7. The van der Waals surface area contributed by atoms with Gasteiger partial charge in [0.1, 0.15) is 0 Å². The molecule has 0 spiro atoms. The third-order valence-corrected chi connectivity index (χ3v) is 6.01. The highest BCUT2D eigenvalue weighted by atomic mass is 32.2. The Hall–Kier alpha value is -3.12. The Kier molecular flexibility index (Phi) is 4.20. The van der Waals surface area contributed by atoms with Crippen LogP contribution in [-0.2, 0) is 21.2 Å². The summed E-state index contributed by atoms with van der Waals surface area (Å²) in [7, 11) is -2.43. The van der Waals surface area contributed by atoms with Crippen molar-refractivity contribution < 1.29 is 17.9 Å². The zero-order valence-corrected chi connectivity index (χ0v) is 15.4. The molecule has 0 aliphatic heterocycles. The summed E-state index contributed by atoms with van der Waals surface area (Å²) in [6.45, 7) is 0. The molecule has 0 aromatic heterocycles. The maximum absolute atomic E-state index is 12.7. The van der Waals surface area contributed by atoms with E-state index in [2.05, 4.69) is 21.6 Å². The summed E-state index contributed by atoms with van der Waals surface area (Å²) >= 11 is 0. The van der Waals surface area contributed by atoms with Gasteiger partial charge in [0.15, 0.2) is 0 Å². The molecule has 5 nitrogen and oxygen atoms in total. The standard InChI is InChI=1S/C21H17NO4S/c1-26-21(23)14-6-8-17(9-7-14)22-27(24,25)18-10-11-20-16(13-18)12-15-4-2-3-5-19(15)20/h2-11,13,22H,12H2,1H3. The predicted octanol–water partition coefficient (Wildman–Crippen LogP) is 3.85. The van der Waals surface area contributed by atoms with Crippen molar-refractivity contribution in [2.45, 2.75) is 11.3 Å². The van der Waals surface area contributed by atoms with Crippen LogP contribution in [0.15, 0.2) is 71.6 Å². The van der Waals surface area contributed by atoms with Gasteiger partial charge in [0.25, 0.3) is 10.0 Å². The van der Waals surface area contributed by atoms with Gasteiger partial charge in [-0.2, -0.15) is 0 Å². The molecule has 3 aromatic carbocycles. The normalized spacial score (nSPS) is 12.2. The zero-order chi connectivity index (χ0) is 19.0. The summed E-state index contributed by atoms with van der Waals surface area (Å²) < 4.78 is 32.7. The Morgan fingerprint density at radius 2 is 1.63 bits per heavy atom. The van der Waals surface area contributed by atoms with Gasteiger partial charge in [-0.1, -0.05) is 30.3 Å². The molecule has 0 saturated heterocycles. The number of benzene rings is 3. The predicted molar refractivity (Wildman–Crippen MR) is 103 cm³/mol. The molecular formula is C21H17NO4S. The summed E-state index contributed by atoms with van der Waals surface area (Å²) in [6.07, 6.45) is 0.725.